The summed E-state index contributed by atoms with van der Waals surface area (Å²) in [7, 11) is 1.63. The van der Waals surface area contributed by atoms with Crippen molar-refractivity contribution < 1.29 is 14.3 Å². The van der Waals surface area contributed by atoms with Gasteiger partial charge in [0.15, 0.2) is 0 Å². The van der Waals surface area contributed by atoms with Crippen LogP contribution in [0.2, 0.25) is 0 Å². The second-order valence-corrected chi connectivity index (χ2v) is 9.36. The number of ether oxygens (including phenoxy) is 2. The smallest absolute Gasteiger partial charge is 0.281 e. The number of anilines is 1. The molecule has 0 atom stereocenters. The molecule has 4 aromatic carbocycles. The van der Waals surface area contributed by atoms with Crippen LogP contribution in [0.5, 0.6) is 11.5 Å². The van der Waals surface area contributed by atoms with Crippen LogP contribution in [0.1, 0.15) is 18.1 Å². The quantitative estimate of drug-likeness (QED) is 0.204. The Labute approximate surface area is 238 Å². The highest BCUT2D eigenvalue weighted by molar-refractivity contribution is 6.37. The Morgan fingerprint density at radius 2 is 1.37 bits per heavy atom. The molecule has 5 aromatic rings. The number of benzene rings is 4. The number of methoxy groups -OCH3 is 1. The zero-order valence-corrected chi connectivity index (χ0v) is 22.8. The van der Waals surface area contributed by atoms with Crippen LogP contribution in [-0.2, 0) is 4.79 Å². The summed E-state index contributed by atoms with van der Waals surface area (Å²) in [5.74, 6) is 1.30. The van der Waals surface area contributed by atoms with Gasteiger partial charge in [0.05, 0.1) is 36.4 Å². The van der Waals surface area contributed by atoms with Crippen molar-refractivity contribution >= 4 is 23.4 Å². The molecular formula is C34H28N4O3. The fraction of sp³-hybridized carbons (Fsp3) is 0.0882. The average molecular weight is 541 g/mol. The van der Waals surface area contributed by atoms with Crippen molar-refractivity contribution in [2.45, 2.75) is 6.92 Å². The third-order valence-electron chi connectivity index (χ3n) is 6.74. The number of amides is 1. The van der Waals surface area contributed by atoms with Gasteiger partial charge in [-0.3, -0.25) is 4.79 Å². The zero-order valence-electron chi connectivity index (χ0n) is 22.8. The SMILES string of the molecule is CCOc1ccc(-c2nn(-c3ccccc3)cc2C=C2C(=O)N(c3ccccc3)N=C2c2ccc(OC)cc2)cc1. The fourth-order valence-electron chi connectivity index (χ4n) is 4.71. The third kappa shape index (κ3) is 5.25. The number of aromatic nitrogens is 2. The van der Waals surface area contributed by atoms with E-state index in [9.17, 15) is 4.79 Å². The van der Waals surface area contributed by atoms with Crippen LogP contribution in [-0.4, -0.2) is 35.1 Å². The third-order valence-corrected chi connectivity index (χ3v) is 6.74. The number of carbonyl (C=O) groups excluding carboxylic acids is 1. The lowest BCUT2D eigenvalue weighted by molar-refractivity contribution is -0.114. The lowest BCUT2D eigenvalue weighted by Gasteiger charge is -2.10. The van der Waals surface area contributed by atoms with E-state index in [0.29, 0.717) is 23.6 Å². The van der Waals surface area contributed by atoms with Gasteiger partial charge in [-0.05, 0) is 85.8 Å². The second kappa shape index (κ2) is 11.4. The Bertz CT molecular complexity index is 1720. The summed E-state index contributed by atoms with van der Waals surface area (Å²) in [6, 6.07) is 34.7. The molecule has 0 fully saturated rings. The summed E-state index contributed by atoms with van der Waals surface area (Å²) in [6.45, 7) is 2.55. The molecule has 7 nitrogen and oxygen atoms in total. The molecule has 2 heterocycles. The van der Waals surface area contributed by atoms with Crippen LogP contribution < -0.4 is 14.5 Å². The standard InChI is InChI=1S/C34H28N4O3/c1-3-41-30-20-16-24(17-21-30)32-26(23-37(35-32)27-10-6-4-7-11-27)22-31-33(25-14-18-29(40-2)19-15-25)36-38(34(31)39)28-12-8-5-9-13-28/h4-23H,3H2,1-2H3. The highest BCUT2D eigenvalue weighted by Gasteiger charge is 2.32. The summed E-state index contributed by atoms with van der Waals surface area (Å²) in [5, 5.41) is 11.2. The molecule has 1 amide bonds. The minimum absolute atomic E-state index is 0.216. The number of carbonyl (C=O) groups is 1. The Morgan fingerprint density at radius 1 is 0.756 bits per heavy atom. The Morgan fingerprint density at radius 3 is 2.00 bits per heavy atom. The molecule has 202 valence electrons. The monoisotopic (exact) mass is 540 g/mol. The molecular weight excluding hydrogens is 512 g/mol. The van der Waals surface area contributed by atoms with Gasteiger partial charge in [0, 0.05) is 22.9 Å². The first-order chi connectivity index (χ1) is 20.1. The lowest BCUT2D eigenvalue weighted by atomic mass is 9.99. The molecule has 0 aliphatic carbocycles. The second-order valence-electron chi connectivity index (χ2n) is 9.36. The molecule has 0 spiro atoms. The van der Waals surface area contributed by atoms with Crippen LogP contribution >= 0.6 is 0 Å². The van der Waals surface area contributed by atoms with E-state index in [0.717, 1.165) is 39.6 Å². The van der Waals surface area contributed by atoms with Gasteiger partial charge in [-0.25, -0.2) is 4.68 Å². The van der Waals surface area contributed by atoms with E-state index in [2.05, 4.69) is 0 Å². The van der Waals surface area contributed by atoms with Gasteiger partial charge in [-0.15, -0.1) is 0 Å². The average Bonchev–Trinajstić information content (AvgIpc) is 3.60. The first-order valence-corrected chi connectivity index (χ1v) is 13.4. The number of hydrogen-bond donors (Lipinski definition) is 0. The van der Waals surface area contributed by atoms with E-state index in [1.54, 1.807) is 7.11 Å². The fourth-order valence-corrected chi connectivity index (χ4v) is 4.71. The predicted molar refractivity (Wildman–Crippen MR) is 162 cm³/mol. The molecule has 7 heteroatoms. The molecule has 1 aliphatic heterocycles. The van der Waals surface area contributed by atoms with E-state index in [4.69, 9.17) is 19.7 Å². The van der Waals surface area contributed by atoms with Crippen molar-refractivity contribution in [1.82, 2.24) is 9.78 Å². The van der Waals surface area contributed by atoms with Gasteiger partial charge in [0.1, 0.15) is 17.2 Å². The number of hydrazone groups is 1. The summed E-state index contributed by atoms with van der Waals surface area (Å²) in [4.78, 5) is 13.9. The van der Waals surface area contributed by atoms with E-state index in [1.807, 2.05) is 133 Å². The van der Waals surface area contributed by atoms with Crippen molar-refractivity contribution in [3.8, 4) is 28.4 Å². The molecule has 6 rings (SSSR count). The first kappa shape index (κ1) is 25.8. The molecule has 41 heavy (non-hydrogen) atoms. The highest BCUT2D eigenvalue weighted by atomic mass is 16.5. The van der Waals surface area contributed by atoms with E-state index in [-0.39, 0.29) is 5.91 Å². The van der Waals surface area contributed by atoms with Gasteiger partial charge in [0.2, 0.25) is 0 Å². The van der Waals surface area contributed by atoms with Crippen molar-refractivity contribution in [3.63, 3.8) is 0 Å². The van der Waals surface area contributed by atoms with Crippen LogP contribution in [0.25, 0.3) is 23.0 Å². The van der Waals surface area contributed by atoms with E-state index < -0.39 is 0 Å². The minimum Gasteiger partial charge on any atom is -0.497 e. The van der Waals surface area contributed by atoms with Gasteiger partial charge in [-0.1, -0.05) is 36.4 Å². The number of nitrogens with zero attached hydrogens (tertiary/aromatic N) is 4. The van der Waals surface area contributed by atoms with Crippen molar-refractivity contribution in [1.29, 1.82) is 0 Å². The largest absolute Gasteiger partial charge is 0.497 e. The lowest BCUT2D eigenvalue weighted by Crippen LogP contribution is -2.21. The van der Waals surface area contributed by atoms with Crippen molar-refractivity contribution in [2.24, 2.45) is 5.10 Å². The predicted octanol–water partition coefficient (Wildman–Crippen LogP) is 6.78. The number of para-hydroxylation sites is 2. The summed E-state index contributed by atoms with van der Waals surface area (Å²) in [5.41, 5.74) is 5.90. The van der Waals surface area contributed by atoms with Crippen molar-refractivity contribution in [2.75, 3.05) is 18.7 Å². The Kier molecular flexibility index (Phi) is 7.15. The number of rotatable bonds is 8. The maximum absolute atomic E-state index is 13.9. The van der Waals surface area contributed by atoms with E-state index in [1.165, 1.54) is 5.01 Å². The van der Waals surface area contributed by atoms with Crippen LogP contribution in [0.4, 0.5) is 5.69 Å². The summed E-state index contributed by atoms with van der Waals surface area (Å²) >= 11 is 0. The van der Waals surface area contributed by atoms with Gasteiger partial charge in [-0.2, -0.15) is 15.2 Å². The topological polar surface area (TPSA) is 69.0 Å². The van der Waals surface area contributed by atoms with Crippen LogP contribution in [0, 0.1) is 0 Å². The van der Waals surface area contributed by atoms with Gasteiger partial charge in [0.25, 0.3) is 5.91 Å². The summed E-state index contributed by atoms with van der Waals surface area (Å²) < 4.78 is 12.8. The molecule has 1 aliphatic rings. The van der Waals surface area contributed by atoms with Crippen LogP contribution in [0.3, 0.4) is 0 Å². The maximum atomic E-state index is 13.9. The molecule has 1 aromatic heterocycles. The molecule has 0 radical (unpaired) electrons. The summed E-state index contributed by atoms with van der Waals surface area (Å²) in [6.07, 6.45) is 3.82. The maximum Gasteiger partial charge on any atom is 0.281 e. The molecule has 0 bridgehead atoms. The van der Waals surface area contributed by atoms with Gasteiger partial charge < -0.3 is 9.47 Å². The van der Waals surface area contributed by atoms with Gasteiger partial charge >= 0.3 is 0 Å². The van der Waals surface area contributed by atoms with E-state index >= 15 is 0 Å². The normalized spacial score (nSPS) is 13.9. The molecule has 0 unspecified atom stereocenters. The highest BCUT2D eigenvalue weighted by Crippen LogP contribution is 2.32. The van der Waals surface area contributed by atoms with Crippen molar-refractivity contribution in [3.05, 3.63) is 132 Å². The molecule has 0 saturated carbocycles. The van der Waals surface area contributed by atoms with Crippen LogP contribution in [0.15, 0.2) is 126 Å². The molecule has 0 saturated heterocycles. The zero-order chi connectivity index (χ0) is 28.2. The minimum atomic E-state index is -0.216. The Hall–Kier alpha value is -5.43. The number of hydrogen-bond acceptors (Lipinski definition) is 5. The molecule has 0 N–H and O–H groups in total. The first-order valence-electron chi connectivity index (χ1n) is 13.4. The Balaban J connectivity index is 1.50.